The number of thiocarbonyl (C=S) groups is 1. The monoisotopic (exact) mass is 508 g/mol. The molecular formula is C31H32N4OS. The third-order valence-corrected chi connectivity index (χ3v) is 7.94. The Labute approximate surface area is 224 Å². The van der Waals surface area contributed by atoms with Crippen molar-refractivity contribution in [1.82, 2.24) is 14.9 Å². The highest BCUT2D eigenvalue weighted by Crippen LogP contribution is 2.44. The van der Waals surface area contributed by atoms with E-state index >= 15 is 0 Å². The number of benzene rings is 2. The highest BCUT2D eigenvalue weighted by atomic mass is 32.1. The molecule has 0 spiro atoms. The third-order valence-electron chi connectivity index (χ3n) is 7.62. The minimum absolute atomic E-state index is 0.0485. The summed E-state index contributed by atoms with van der Waals surface area (Å²) in [4.78, 5) is 6.95. The van der Waals surface area contributed by atoms with Crippen LogP contribution in [0, 0.1) is 13.8 Å². The summed E-state index contributed by atoms with van der Waals surface area (Å²) in [5.74, 6) is 0.925. The Morgan fingerprint density at radius 1 is 0.892 bits per heavy atom. The molecule has 1 aliphatic carbocycles. The molecule has 1 saturated carbocycles. The quantitative estimate of drug-likeness (QED) is 0.284. The van der Waals surface area contributed by atoms with E-state index in [1.807, 2.05) is 18.3 Å². The van der Waals surface area contributed by atoms with Crippen molar-refractivity contribution in [2.45, 2.75) is 57.7 Å². The maximum Gasteiger partial charge on any atom is 0.174 e. The van der Waals surface area contributed by atoms with Crippen molar-refractivity contribution in [2.24, 2.45) is 0 Å². The molecule has 2 atom stereocenters. The summed E-state index contributed by atoms with van der Waals surface area (Å²) in [5.41, 5.74) is 6.80. The van der Waals surface area contributed by atoms with Gasteiger partial charge < -0.3 is 19.5 Å². The zero-order chi connectivity index (χ0) is 25.4. The van der Waals surface area contributed by atoms with Crippen LogP contribution < -0.4 is 15.0 Å². The summed E-state index contributed by atoms with van der Waals surface area (Å²) in [6, 6.07) is 27.2. The smallest absolute Gasteiger partial charge is 0.174 e. The van der Waals surface area contributed by atoms with Crippen LogP contribution in [0.25, 0.3) is 5.69 Å². The number of anilines is 1. The van der Waals surface area contributed by atoms with Gasteiger partial charge in [0.25, 0.3) is 0 Å². The number of hydrogen-bond acceptors (Lipinski definition) is 3. The van der Waals surface area contributed by atoms with E-state index in [2.05, 4.69) is 95.4 Å². The molecule has 2 fully saturated rings. The summed E-state index contributed by atoms with van der Waals surface area (Å²) in [6.45, 7) is 4.36. The summed E-state index contributed by atoms with van der Waals surface area (Å²) in [7, 11) is 0. The van der Waals surface area contributed by atoms with Gasteiger partial charge in [-0.15, -0.1) is 0 Å². The molecule has 37 heavy (non-hydrogen) atoms. The Morgan fingerprint density at radius 3 is 2.32 bits per heavy atom. The number of nitrogens with one attached hydrogen (secondary N) is 1. The summed E-state index contributed by atoms with van der Waals surface area (Å²) in [6.07, 6.45) is 7.00. The molecule has 1 saturated heterocycles. The van der Waals surface area contributed by atoms with E-state index in [1.54, 1.807) is 0 Å². The fraction of sp³-hybridized carbons (Fsp3) is 0.290. The lowest BCUT2D eigenvalue weighted by molar-refractivity contribution is 0.210. The van der Waals surface area contributed by atoms with Crippen LogP contribution in [0.1, 0.15) is 60.4 Å². The predicted molar refractivity (Wildman–Crippen MR) is 153 cm³/mol. The molecule has 0 bridgehead atoms. The first-order valence-corrected chi connectivity index (χ1v) is 13.5. The molecule has 6 heteroatoms. The Morgan fingerprint density at radius 2 is 1.62 bits per heavy atom. The fourth-order valence-corrected chi connectivity index (χ4v) is 6.24. The predicted octanol–water partition coefficient (Wildman–Crippen LogP) is 6.99. The average Bonchev–Trinajstić information content (AvgIpc) is 3.63. The maximum absolute atomic E-state index is 6.23. The van der Waals surface area contributed by atoms with E-state index in [9.17, 15) is 0 Å². The molecule has 0 radical (unpaired) electrons. The number of aromatic nitrogens is 2. The van der Waals surface area contributed by atoms with Gasteiger partial charge in [0.2, 0.25) is 0 Å². The van der Waals surface area contributed by atoms with Crippen LogP contribution in [0.5, 0.6) is 5.75 Å². The SMILES string of the molecule is Cc1cc(C2C(c3ccccn3)NC(=S)N2c2ccc(OC3CCCC3)cc2)c(C)n1-c1ccccc1. The van der Waals surface area contributed by atoms with E-state index in [0.717, 1.165) is 35.7 Å². The lowest BCUT2D eigenvalue weighted by Crippen LogP contribution is -2.29. The Kier molecular flexibility index (Phi) is 6.43. The lowest BCUT2D eigenvalue weighted by Gasteiger charge is -2.28. The van der Waals surface area contributed by atoms with Gasteiger partial charge in [-0.3, -0.25) is 4.98 Å². The summed E-state index contributed by atoms with van der Waals surface area (Å²) >= 11 is 5.95. The molecule has 3 heterocycles. The van der Waals surface area contributed by atoms with E-state index < -0.39 is 0 Å². The third kappa shape index (κ3) is 4.51. The van der Waals surface area contributed by atoms with Gasteiger partial charge in [-0.25, -0.2) is 0 Å². The molecule has 2 aliphatic rings. The number of pyridine rings is 1. The molecule has 1 N–H and O–H groups in total. The van der Waals surface area contributed by atoms with Crippen LogP contribution in [0.4, 0.5) is 5.69 Å². The van der Waals surface area contributed by atoms with E-state index in [4.69, 9.17) is 21.9 Å². The number of nitrogens with zero attached hydrogens (tertiary/aromatic N) is 3. The number of rotatable bonds is 6. The average molecular weight is 509 g/mol. The van der Waals surface area contributed by atoms with Gasteiger partial charge in [0.15, 0.2) is 5.11 Å². The zero-order valence-electron chi connectivity index (χ0n) is 21.3. The van der Waals surface area contributed by atoms with Gasteiger partial charge in [-0.2, -0.15) is 0 Å². The second-order valence-electron chi connectivity index (χ2n) is 10.0. The normalized spacial score (nSPS) is 19.8. The van der Waals surface area contributed by atoms with E-state index in [0.29, 0.717) is 11.2 Å². The molecule has 188 valence electrons. The van der Waals surface area contributed by atoms with Crippen molar-refractivity contribution >= 4 is 23.0 Å². The molecular weight excluding hydrogens is 476 g/mol. The second-order valence-corrected chi connectivity index (χ2v) is 10.4. The molecule has 5 nitrogen and oxygen atoms in total. The molecule has 4 aromatic rings. The summed E-state index contributed by atoms with van der Waals surface area (Å²) < 4.78 is 8.55. The maximum atomic E-state index is 6.23. The van der Waals surface area contributed by atoms with Crippen LogP contribution in [-0.2, 0) is 0 Å². The largest absolute Gasteiger partial charge is 0.490 e. The van der Waals surface area contributed by atoms with Crippen molar-refractivity contribution in [2.75, 3.05) is 4.90 Å². The van der Waals surface area contributed by atoms with Crippen LogP contribution >= 0.6 is 12.2 Å². The van der Waals surface area contributed by atoms with Crippen molar-refractivity contribution in [3.63, 3.8) is 0 Å². The Bertz CT molecular complexity index is 1380. The first kappa shape index (κ1) is 23.7. The number of ether oxygens (including phenoxy) is 1. The lowest BCUT2D eigenvalue weighted by atomic mass is 9.96. The van der Waals surface area contributed by atoms with Crippen molar-refractivity contribution in [3.05, 3.63) is 108 Å². The molecule has 0 amide bonds. The van der Waals surface area contributed by atoms with Crippen LogP contribution in [0.15, 0.2) is 85.1 Å². The van der Waals surface area contributed by atoms with Crippen molar-refractivity contribution in [3.8, 4) is 11.4 Å². The molecule has 1 aliphatic heterocycles. The fourth-order valence-electron chi connectivity index (χ4n) is 5.89. The van der Waals surface area contributed by atoms with Crippen LogP contribution in [0.2, 0.25) is 0 Å². The number of aryl methyl sites for hydroxylation is 1. The van der Waals surface area contributed by atoms with Gasteiger partial charge in [0.05, 0.1) is 23.9 Å². The van der Waals surface area contributed by atoms with Gasteiger partial charge in [0.1, 0.15) is 5.75 Å². The number of para-hydroxylation sites is 1. The Hall–Kier alpha value is -3.64. The van der Waals surface area contributed by atoms with Gasteiger partial charge in [-0.05, 0) is 112 Å². The zero-order valence-corrected chi connectivity index (χ0v) is 22.1. The van der Waals surface area contributed by atoms with Gasteiger partial charge in [-0.1, -0.05) is 24.3 Å². The first-order chi connectivity index (χ1) is 18.1. The molecule has 2 aromatic heterocycles. The van der Waals surface area contributed by atoms with E-state index in [1.165, 1.54) is 29.8 Å². The topological polar surface area (TPSA) is 42.3 Å². The summed E-state index contributed by atoms with van der Waals surface area (Å²) in [5, 5.41) is 4.29. The Balaban J connectivity index is 1.41. The van der Waals surface area contributed by atoms with Crippen molar-refractivity contribution in [1.29, 1.82) is 0 Å². The first-order valence-electron chi connectivity index (χ1n) is 13.1. The highest BCUT2D eigenvalue weighted by Gasteiger charge is 2.42. The molecule has 6 rings (SSSR count). The van der Waals surface area contributed by atoms with Crippen LogP contribution in [0.3, 0.4) is 0 Å². The molecule has 2 unspecified atom stereocenters. The molecule has 2 aromatic carbocycles. The van der Waals surface area contributed by atoms with Crippen LogP contribution in [-0.4, -0.2) is 20.8 Å². The van der Waals surface area contributed by atoms with Gasteiger partial charge in [0, 0.05) is 29.0 Å². The highest BCUT2D eigenvalue weighted by molar-refractivity contribution is 7.80. The minimum atomic E-state index is -0.0761. The van der Waals surface area contributed by atoms with Gasteiger partial charge >= 0.3 is 0 Å². The second kappa shape index (κ2) is 10.0. The standard InChI is InChI=1S/C31H32N4OS/c1-21-20-27(22(2)34(21)23-10-4-3-5-11-23)30-29(28-14-8-9-19-32-28)33-31(37)35(30)24-15-17-26(18-16-24)36-25-12-6-7-13-25/h3-5,8-11,14-20,25,29-30H,6-7,12-13H2,1-2H3,(H,33,37). The minimum Gasteiger partial charge on any atom is -0.490 e. The van der Waals surface area contributed by atoms with Crippen molar-refractivity contribution < 1.29 is 4.74 Å². The number of hydrogen-bond donors (Lipinski definition) is 1. The van der Waals surface area contributed by atoms with E-state index in [-0.39, 0.29) is 12.1 Å².